The zero-order valence-electron chi connectivity index (χ0n) is 10.5. The Kier molecular flexibility index (Phi) is 2.94. The second-order valence-corrected chi connectivity index (χ2v) is 5.52. The molecule has 3 unspecified atom stereocenters. The normalized spacial score (nSPS) is 29.6. The molecular formula is C16H18O2. The Labute approximate surface area is 108 Å². The predicted molar refractivity (Wildman–Crippen MR) is 70.2 cm³/mol. The molecule has 2 heteroatoms. The molecule has 0 radical (unpaired) electrons. The number of carbonyl (C=O) groups excluding carboxylic acids is 1. The average Bonchev–Trinajstić information content (AvgIpc) is 2.95. The minimum absolute atomic E-state index is 0.197. The third kappa shape index (κ3) is 2.07. The van der Waals surface area contributed by atoms with Crippen LogP contribution < -0.4 is 0 Å². The van der Waals surface area contributed by atoms with Crippen LogP contribution in [0.15, 0.2) is 42.5 Å². The van der Waals surface area contributed by atoms with Crippen LogP contribution in [0.1, 0.15) is 29.6 Å². The molecule has 0 aliphatic heterocycles. The molecule has 1 aromatic rings. The smallest absolute Gasteiger partial charge is 0.338 e. The highest BCUT2D eigenvalue weighted by molar-refractivity contribution is 5.89. The third-order valence-electron chi connectivity index (χ3n) is 4.38. The first-order valence-corrected chi connectivity index (χ1v) is 6.64. The quantitative estimate of drug-likeness (QED) is 0.599. The van der Waals surface area contributed by atoms with Gasteiger partial charge >= 0.3 is 5.97 Å². The van der Waals surface area contributed by atoms with Crippen LogP contribution in [-0.4, -0.2) is 12.6 Å². The first-order chi connectivity index (χ1) is 8.74. The number of hydrogen-bond acceptors (Lipinski definition) is 2. The summed E-state index contributed by atoms with van der Waals surface area (Å²) in [5.41, 5.74) is 2.05. The minimum atomic E-state index is -0.197. The molecule has 2 nitrogen and oxygen atoms in total. The summed E-state index contributed by atoms with van der Waals surface area (Å²) in [6.07, 6.45) is 3.55. The molecule has 18 heavy (non-hydrogen) atoms. The molecule has 3 atom stereocenters. The second-order valence-electron chi connectivity index (χ2n) is 5.52. The number of fused-ring (bicyclic) bond motifs is 2. The number of esters is 1. The van der Waals surface area contributed by atoms with Crippen LogP contribution in [0.5, 0.6) is 0 Å². The van der Waals surface area contributed by atoms with Crippen molar-refractivity contribution in [3.8, 4) is 0 Å². The fraction of sp³-hybridized carbons (Fsp3) is 0.438. The van der Waals surface area contributed by atoms with Gasteiger partial charge in [0.15, 0.2) is 0 Å². The SMILES string of the molecule is C=C1CC2CC1CC2COC(=O)c1ccccc1. The van der Waals surface area contributed by atoms with E-state index >= 15 is 0 Å². The van der Waals surface area contributed by atoms with Gasteiger partial charge in [0.1, 0.15) is 0 Å². The maximum absolute atomic E-state index is 11.8. The van der Waals surface area contributed by atoms with Crippen LogP contribution in [0.2, 0.25) is 0 Å². The molecule has 3 rings (SSSR count). The molecule has 0 heterocycles. The summed E-state index contributed by atoms with van der Waals surface area (Å²) in [4.78, 5) is 11.8. The second kappa shape index (κ2) is 4.60. The van der Waals surface area contributed by atoms with Crippen LogP contribution in [0.4, 0.5) is 0 Å². The van der Waals surface area contributed by atoms with Crippen LogP contribution in [0.25, 0.3) is 0 Å². The molecule has 2 aliphatic rings. The highest BCUT2D eigenvalue weighted by atomic mass is 16.5. The van der Waals surface area contributed by atoms with Crippen LogP contribution in [-0.2, 0) is 4.74 Å². The molecular weight excluding hydrogens is 224 g/mol. The maximum atomic E-state index is 11.8. The van der Waals surface area contributed by atoms with Crippen molar-refractivity contribution in [2.24, 2.45) is 17.8 Å². The summed E-state index contributed by atoms with van der Waals surface area (Å²) in [7, 11) is 0. The Morgan fingerprint density at radius 1 is 1.28 bits per heavy atom. The van der Waals surface area contributed by atoms with E-state index in [0.29, 0.717) is 29.9 Å². The highest BCUT2D eigenvalue weighted by Gasteiger charge is 2.42. The minimum Gasteiger partial charge on any atom is -0.462 e. The molecule has 2 bridgehead atoms. The molecule has 94 valence electrons. The van der Waals surface area contributed by atoms with Gasteiger partial charge in [-0.3, -0.25) is 0 Å². The third-order valence-corrected chi connectivity index (χ3v) is 4.38. The van der Waals surface area contributed by atoms with E-state index in [1.807, 2.05) is 18.2 Å². The zero-order chi connectivity index (χ0) is 12.5. The van der Waals surface area contributed by atoms with E-state index < -0.39 is 0 Å². The lowest BCUT2D eigenvalue weighted by Crippen LogP contribution is -2.20. The fourth-order valence-electron chi connectivity index (χ4n) is 3.34. The molecule has 0 spiro atoms. The van der Waals surface area contributed by atoms with E-state index in [4.69, 9.17) is 4.74 Å². The summed E-state index contributed by atoms with van der Waals surface area (Å²) >= 11 is 0. The molecule has 1 aromatic carbocycles. The van der Waals surface area contributed by atoms with Crippen molar-refractivity contribution in [3.05, 3.63) is 48.0 Å². The first kappa shape index (κ1) is 11.5. The largest absolute Gasteiger partial charge is 0.462 e. The molecule has 2 fully saturated rings. The van der Waals surface area contributed by atoms with Crippen molar-refractivity contribution in [1.82, 2.24) is 0 Å². The summed E-state index contributed by atoms with van der Waals surface area (Å²) in [6.45, 7) is 4.68. The van der Waals surface area contributed by atoms with E-state index in [-0.39, 0.29) is 5.97 Å². The Morgan fingerprint density at radius 2 is 2.06 bits per heavy atom. The number of rotatable bonds is 3. The monoisotopic (exact) mass is 242 g/mol. The number of ether oxygens (including phenoxy) is 1. The van der Waals surface area contributed by atoms with Gasteiger partial charge in [0.2, 0.25) is 0 Å². The van der Waals surface area contributed by atoms with E-state index in [1.165, 1.54) is 12.0 Å². The van der Waals surface area contributed by atoms with Crippen molar-refractivity contribution in [1.29, 1.82) is 0 Å². The molecule has 0 N–H and O–H groups in total. The molecule has 2 saturated carbocycles. The van der Waals surface area contributed by atoms with Gasteiger partial charge in [-0.25, -0.2) is 4.79 Å². The van der Waals surface area contributed by atoms with E-state index in [1.54, 1.807) is 12.1 Å². The van der Waals surface area contributed by atoms with Gasteiger partial charge in [-0.05, 0) is 49.1 Å². The summed E-state index contributed by atoms with van der Waals surface area (Å²) in [6, 6.07) is 9.21. The maximum Gasteiger partial charge on any atom is 0.338 e. The van der Waals surface area contributed by atoms with Gasteiger partial charge in [0, 0.05) is 0 Å². The summed E-state index contributed by atoms with van der Waals surface area (Å²) in [5, 5.41) is 0. The van der Waals surface area contributed by atoms with Crippen LogP contribution in [0.3, 0.4) is 0 Å². The molecule has 2 aliphatic carbocycles. The van der Waals surface area contributed by atoms with Gasteiger partial charge in [-0.1, -0.05) is 30.4 Å². The zero-order valence-corrected chi connectivity index (χ0v) is 10.5. The number of hydrogen-bond donors (Lipinski definition) is 0. The standard InChI is InChI=1S/C16H18O2/c1-11-7-14-8-13(11)9-15(14)10-18-16(17)12-5-3-2-4-6-12/h2-6,13-15H,1,7-10H2. The van der Waals surface area contributed by atoms with E-state index in [9.17, 15) is 4.79 Å². The number of allylic oxidation sites excluding steroid dienone is 1. The van der Waals surface area contributed by atoms with Gasteiger partial charge in [-0.15, -0.1) is 0 Å². The summed E-state index contributed by atoms with van der Waals surface area (Å²) < 4.78 is 5.43. The lowest BCUT2D eigenvalue weighted by molar-refractivity contribution is 0.0403. The van der Waals surface area contributed by atoms with Gasteiger partial charge in [0.05, 0.1) is 12.2 Å². The molecule has 0 aromatic heterocycles. The number of benzene rings is 1. The van der Waals surface area contributed by atoms with Crippen molar-refractivity contribution in [2.75, 3.05) is 6.61 Å². The Bertz CT molecular complexity index is 463. The Balaban J connectivity index is 1.54. The van der Waals surface area contributed by atoms with Crippen molar-refractivity contribution >= 4 is 5.97 Å². The molecule has 0 saturated heterocycles. The lowest BCUT2D eigenvalue weighted by atomic mass is 9.87. The van der Waals surface area contributed by atoms with Crippen LogP contribution >= 0.6 is 0 Å². The van der Waals surface area contributed by atoms with Gasteiger partial charge in [0.25, 0.3) is 0 Å². The average molecular weight is 242 g/mol. The fourth-order valence-corrected chi connectivity index (χ4v) is 3.34. The topological polar surface area (TPSA) is 26.3 Å². The van der Waals surface area contributed by atoms with Crippen molar-refractivity contribution in [3.63, 3.8) is 0 Å². The molecule has 0 amide bonds. The Morgan fingerprint density at radius 3 is 2.67 bits per heavy atom. The van der Waals surface area contributed by atoms with Gasteiger partial charge in [-0.2, -0.15) is 0 Å². The first-order valence-electron chi connectivity index (χ1n) is 6.64. The van der Waals surface area contributed by atoms with Crippen molar-refractivity contribution in [2.45, 2.75) is 19.3 Å². The predicted octanol–water partition coefficient (Wildman–Crippen LogP) is 3.45. The Hall–Kier alpha value is -1.57. The van der Waals surface area contributed by atoms with Crippen molar-refractivity contribution < 1.29 is 9.53 Å². The summed E-state index contributed by atoms with van der Waals surface area (Å²) in [5.74, 6) is 1.74. The highest BCUT2D eigenvalue weighted by Crippen LogP contribution is 2.50. The van der Waals surface area contributed by atoms with Crippen LogP contribution in [0, 0.1) is 17.8 Å². The van der Waals surface area contributed by atoms with Gasteiger partial charge < -0.3 is 4.74 Å². The van der Waals surface area contributed by atoms with E-state index in [2.05, 4.69) is 6.58 Å². The number of carbonyl (C=O) groups is 1. The van der Waals surface area contributed by atoms with E-state index in [0.717, 1.165) is 12.8 Å². The lowest BCUT2D eigenvalue weighted by Gasteiger charge is -2.22.